The summed E-state index contributed by atoms with van der Waals surface area (Å²) in [4.78, 5) is 13.9. The lowest BCUT2D eigenvalue weighted by Crippen LogP contribution is -2.50. The number of amides is 1. The maximum Gasteiger partial charge on any atom is 0.240 e. The number of anilines is 1. The Morgan fingerprint density at radius 3 is 2.85 bits per heavy atom. The van der Waals surface area contributed by atoms with Crippen molar-refractivity contribution in [1.29, 1.82) is 0 Å². The second kappa shape index (κ2) is 5.29. The van der Waals surface area contributed by atoms with Gasteiger partial charge in [0.15, 0.2) is 0 Å². The van der Waals surface area contributed by atoms with Crippen molar-refractivity contribution in [2.24, 2.45) is 0 Å². The number of carbonyl (C=O) groups excluding carboxylic acids is 1. The standard InChI is InChI=1S/C12H16N6OS/c1-8-3-13-18(4-8)10-5-17(6-10)7-11(19)14-12-16-15-9(2)20-12/h3-4,10H,5-7H2,1-2H3,(H,14,16,19). The summed E-state index contributed by atoms with van der Waals surface area (Å²) in [7, 11) is 0. The zero-order chi connectivity index (χ0) is 14.1. The third kappa shape index (κ3) is 2.86. The average Bonchev–Trinajstić information content (AvgIpc) is 2.92. The van der Waals surface area contributed by atoms with E-state index in [2.05, 4.69) is 25.5 Å². The number of aromatic nitrogens is 4. The van der Waals surface area contributed by atoms with E-state index in [1.807, 2.05) is 30.9 Å². The molecule has 1 aliphatic rings. The van der Waals surface area contributed by atoms with Crippen molar-refractivity contribution in [3.8, 4) is 0 Å². The Bertz CT molecular complexity index is 615. The summed E-state index contributed by atoms with van der Waals surface area (Å²) in [6, 6.07) is 0.375. The molecule has 2 aromatic heterocycles. The van der Waals surface area contributed by atoms with Gasteiger partial charge < -0.3 is 0 Å². The smallest absolute Gasteiger partial charge is 0.240 e. The third-order valence-corrected chi connectivity index (χ3v) is 3.94. The van der Waals surface area contributed by atoms with Gasteiger partial charge in [0.1, 0.15) is 5.01 Å². The minimum Gasteiger partial charge on any atom is -0.299 e. The quantitative estimate of drug-likeness (QED) is 0.904. The van der Waals surface area contributed by atoms with E-state index in [0.29, 0.717) is 17.7 Å². The van der Waals surface area contributed by atoms with Crippen LogP contribution in [0.15, 0.2) is 12.4 Å². The Morgan fingerprint density at radius 1 is 1.45 bits per heavy atom. The largest absolute Gasteiger partial charge is 0.299 e. The molecule has 20 heavy (non-hydrogen) atoms. The highest BCUT2D eigenvalue weighted by Gasteiger charge is 2.30. The molecule has 0 spiro atoms. The molecule has 0 bridgehead atoms. The molecule has 0 aliphatic carbocycles. The summed E-state index contributed by atoms with van der Waals surface area (Å²) in [6.07, 6.45) is 3.89. The number of hydrogen-bond donors (Lipinski definition) is 1. The minimum atomic E-state index is -0.0451. The number of nitrogens with zero attached hydrogens (tertiary/aromatic N) is 5. The summed E-state index contributed by atoms with van der Waals surface area (Å²) in [6.45, 7) is 5.97. The molecule has 0 unspecified atom stereocenters. The lowest BCUT2D eigenvalue weighted by Gasteiger charge is -2.38. The summed E-state index contributed by atoms with van der Waals surface area (Å²) >= 11 is 1.38. The molecule has 1 saturated heterocycles. The second-order valence-corrected chi connectivity index (χ2v) is 6.20. The van der Waals surface area contributed by atoms with Gasteiger partial charge in [-0.25, -0.2) is 0 Å². The van der Waals surface area contributed by atoms with Gasteiger partial charge >= 0.3 is 0 Å². The number of aryl methyl sites for hydroxylation is 2. The normalized spacial score (nSPS) is 16.1. The summed E-state index contributed by atoms with van der Waals surface area (Å²) in [5.74, 6) is -0.0451. The van der Waals surface area contributed by atoms with Gasteiger partial charge in [0.2, 0.25) is 11.0 Å². The predicted molar refractivity (Wildman–Crippen MR) is 75.7 cm³/mol. The van der Waals surface area contributed by atoms with E-state index in [4.69, 9.17) is 0 Å². The fraction of sp³-hybridized carbons (Fsp3) is 0.500. The highest BCUT2D eigenvalue weighted by molar-refractivity contribution is 7.15. The van der Waals surface area contributed by atoms with Crippen LogP contribution >= 0.6 is 11.3 Å². The first-order chi connectivity index (χ1) is 9.60. The summed E-state index contributed by atoms with van der Waals surface area (Å²) in [5, 5.41) is 16.2. The minimum absolute atomic E-state index is 0.0451. The molecule has 0 atom stereocenters. The van der Waals surface area contributed by atoms with Crippen LogP contribution in [0.1, 0.15) is 16.6 Å². The maximum absolute atomic E-state index is 11.8. The molecule has 0 aromatic carbocycles. The van der Waals surface area contributed by atoms with E-state index < -0.39 is 0 Å². The second-order valence-electron chi connectivity index (χ2n) is 5.02. The first kappa shape index (κ1) is 13.2. The van der Waals surface area contributed by atoms with Gasteiger partial charge in [0.25, 0.3) is 0 Å². The van der Waals surface area contributed by atoms with Gasteiger partial charge in [-0.2, -0.15) is 5.10 Å². The van der Waals surface area contributed by atoms with Crippen LogP contribution in [-0.4, -0.2) is 50.4 Å². The van der Waals surface area contributed by atoms with E-state index in [9.17, 15) is 4.79 Å². The number of carbonyl (C=O) groups is 1. The maximum atomic E-state index is 11.8. The molecule has 1 amide bonds. The molecule has 3 rings (SSSR count). The molecule has 1 fully saturated rings. The Hall–Kier alpha value is -1.80. The molecule has 3 heterocycles. The number of nitrogens with one attached hydrogen (secondary N) is 1. The first-order valence-corrected chi connectivity index (χ1v) is 7.25. The predicted octanol–water partition coefficient (Wildman–Crippen LogP) is 0.847. The van der Waals surface area contributed by atoms with Crippen molar-refractivity contribution in [2.45, 2.75) is 19.9 Å². The van der Waals surface area contributed by atoms with Crippen molar-refractivity contribution in [3.63, 3.8) is 0 Å². The number of likely N-dealkylation sites (tertiary alicyclic amines) is 1. The lowest BCUT2D eigenvalue weighted by molar-refractivity contribution is -0.118. The van der Waals surface area contributed by atoms with Gasteiger partial charge in [0.05, 0.1) is 18.8 Å². The van der Waals surface area contributed by atoms with Crippen molar-refractivity contribution in [1.82, 2.24) is 24.9 Å². The van der Waals surface area contributed by atoms with E-state index in [0.717, 1.165) is 23.7 Å². The molecule has 1 N–H and O–H groups in total. The van der Waals surface area contributed by atoms with Crippen LogP contribution < -0.4 is 5.32 Å². The summed E-state index contributed by atoms with van der Waals surface area (Å²) in [5.41, 5.74) is 1.16. The average molecular weight is 292 g/mol. The molecule has 1 aliphatic heterocycles. The molecular weight excluding hydrogens is 276 g/mol. The van der Waals surface area contributed by atoms with Gasteiger partial charge in [-0.3, -0.25) is 19.7 Å². The Morgan fingerprint density at radius 2 is 2.25 bits per heavy atom. The molecule has 7 nitrogen and oxygen atoms in total. The SMILES string of the molecule is Cc1cnn(C2CN(CC(=O)Nc3nnc(C)s3)C2)c1. The van der Waals surface area contributed by atoms with Crippen molar-refractivity contribution in [2.75, 3.05) is 25.0 Å². The zero-order valence-corrected chi connectivity index (χ0v) is 12.2. The molecule has 0 saturated carbocycles. The van der Waals surface area contributed by atoms with Crippen LogP contribution in [0.4, 0.5) is 5.13 Å². The van der Waals surface area contributed by atoms with Crippen LogP contribution in [0.25, 0.3) is 0 Å². The van der Waals surface area contributed by atoms with Crippen molar-refractivity contribution < 1.29 is 4.79 Å². The molecule has 106 valence electrons. The molecule has 8 heteroatoms. The van der Waals surface area contributed by atoms with E-state index in [1.54, 1.807) is 0 Å². The van der Waals surface area contributed by atoms with Gasteiger partial charge in [-0.1, -0.05) is 11.3 Å². The highest BCUT2D eigenvalue weighted by Crippen LogP contribution is 2.20. The van der Waals surface area contributed by atoms with Gasteiger partial charge in [0, 0.05) is 19.3 Å². The number of hydrogen-bond acceptors (Lipinski definition) is 6. The van der Waals surface area contributed by atoms with Crippen LogP contribution in [0.5, 0.6) is 0 Å². The third-order valence-electron chi connectivity index (χ3n) is 3.18. The summed E-state index contributed by atoms with van der Waals surface area (Å²) < 4.78 is 1.97. The molecule has 0 radical (unpaired) electrons. The fourth-order valence-electron chi connectivity index (χ4n) is 2.18. The van der Waals surface area contributed by atoms with Gasteiger partial charge in [-0.05, 0) is 19.4 Å². The van der Waals surface area contributed by atoms with Crippen LogP contribution in [0.3, 0.4) is 0 Å². The number of rotatable bonds is 4. The Kier molecular flexibility index (Phi) is 3.49. The zero-order valence-electron chi connectivity index (χ0n) is 11.4. The van der Waals surface area contributed by atoms with Gasteiger partial charge in [-0.15, -0.1) is 10.2 Å². The monoisotopic (exact) mass is 292 g/mol. The van der Waals surface area contributed by atoms with E-state index in [-0.39, 0.29) is 5.91 Å². The van der Waals surface area contributed by atoms with Crippen molar-refractivity contribution in [3.05, 3.63) is 23.0 Å². The van der Waals surface area contributed by atoms with Crippen molar-refractivity contribution >= 4 is 22.4 Å². The Balaban J connectivity index is 1.45. The fourth-order valence-corrected chi connectivity index (χ4v) is 2.79. The highest BCUT2D eigenvalue weighted by atomic mass is 32.1. The van der Waals surface area contributed by atoms with Crippen LogP contribution in [-0.2, 0) is 4.79 Å². The van der Waals surface area contributed by atoms with Crippen LogP contribution in [0.2, 0.25) is 0 Å². The van der Waals surface area contributed by atoms with Crippen LogP contribution in [0, 0.1) is 13.8 Å². The lowest BCUT2D eigenvalue weighted by atomic mass is 10.1. The topological polar surface area (TPSA) is 75.9 Å². The van der Waals surface area contributed by atoms with E-state index in [1.165, 1.54) is 11.3 Å². The first-order valence-electron chi connectivity index (χ1n) is 6.43. The molecule has 2 aromatic rings. The van der Waals surface area contributed by atoms with E-state index >= 15 is 0 Å². The molecular formula is C12H16N6OS. The Labute approximate surface area is 120 Å².